The minimum absolute atomic E-state index is 0.0666. The van der Waals surface area contributed by atoms with Gasteiger partial charge in [-0.2, -0.15) is 8.42 Å². The van der Waals surface area contributed by atoms with E-state index in [2.05, 4.69) is 10.3 Å². The molecule has 0 spiro atoms. The van der Waals surface area contributed by atoms with Crippen molar-refractivity contribution in [1.82, 2.24) is 15.2 Å². The van der Waals surface area contributed by atoms with Gasteiger partial charge in [0.05, 0.1) is 9.82 Å². The largest absolute Gasteiger partial charge is 0.367 e. The molecule has 1 aliphatic heterocycles. The summed E-state index contributed by atoms with van der Waals surface area (Å²) in [5.74, 6) is 0.543. The van der Waals surface area contributed by atoms with Crippen LogP contribution in [0.1, 0.15) is 17.5 Å². The van der Waals surface area contributed by atoms with Gasteiger partial charge in [-0.3, -0.25) is 14.7 Å². The van der Waals surface area contributed by atoms with Crippen LogP contribution in [0.2, 0.25) is 5.15 Å². The van der Waals surface area contributed by atoms with E-state index in [9.17, 15) is 18.5 Å². The van der Waals surface area contributed by atoms with E-state index in [0.717, 1.165) is 36.8 Å². The number of aromatic nitrogens is 1. The lowest BCUT2D eigenvalue weighted by Gasteiger charge is -2.30. The minimum Gasteiger partial charge on any atom is -0.367 e. The van der Waals surface area contributed by atoms with Crippen LogP contribution < -0.4 is 5.32 Å². The number of rotatable bonds is 4. The number of nitrogens with one attached hydrogen (secondary N) is 1. The van der Waals surface area contributed by atoms with Gasteiger partial charge >= 0.3 is 0 Å². The van der Waals surface area contributed by atoms with Crippen LogP contribution >= 0.6 is 11.6 Å². The van der Waals surface area contributed by atoms with Gasteiger partial charge in [-0.25, -0.2) is 4.98 Å². The number of aryl methyl sites for hydroxylation is 1. The van der Waals surface area contributed by atoms with Crippen LogP contribution in [0, 0.1) is 17.0 Å². The Labute approximate surface area is 173 Å². The number of halogens is 1. The number of hydrogen-bond acceptors (Lipinski definition) is 7. The molecule has 0 radical (unpaired) electrons. The summed E-state index contributed by atoms with van der Waals surface area (Å²) in [6.45, 7) is 3.97. The highest BCUT2D eigenvalue weighted by Crippen LogP contribution is 2.14. The maximum Gasteiger partial charge on any atom is 0.294 e. The highest BCUT2D eigenvalue weighted by molar-refractivity contribution is 7.85. The Balaban J connectivity index is 0.000000234. The Hall–Kier alpha value is -2.69. The molecule has 0 atom stereocenters. The predicted octanol–water partition coefficient (Wildman–Crippen LogP) is 2.85. The molecule has 3 rings (SSSR count). The Bertz CT molecular complexity index is 963. The molecule has 2 heterocycles. The van der Waals surface area contributed by atoms with Crippen molar-refractivity contribution in [3.05, 3.63) is 81.0 Å². The molecule has 0 amide bonds. The maximum absolute atomic E-state index is 10.5. The van der Waals surface area contributed by atoms with E-state index in [1.165, 1.54) is 12.1 Å². The minimum atomic E-state index is -4.02. The average Bonchev–Trinajstić information content (AvgIpc) is 2.65. The van der Waals surface area contributed by atoms with Crippen molar-refractivity contribution < 1.29 is 17.9 Å². The molecule has 0 bridgehead atoms. The van der Waals surface area contributed by atoms with Crippen molar-refractivity contribution in [2.24, 2.45) is 0 Å². The van der Waals surface area contributed by atoms with Gasteiger partial charge in [0.1, 0.15) is 5.15 Å². The zero-order chi connectivity index (χ0) is 21.4. The highest BCUT2D eigenvalue weighted by Gasteiger charge is 2.17. The van der Waals surface area contributed by atoms with Crippen LogP contribution in [-0.2, 0) is 16.7 Å². The fourth-order valence-electron chi connectivity index (χ4n) is 2.54. The second-order valence-electron chi connectivity index (χ2n) is 6.28. The number of benzene rings is 1. The van der Waals surface area contributed by atoms with Crippen molar-refractivity contribution in [3.8, 4) is 0 Å². The molecular formula is C18H21ClN4O5S. The molecule has 0 unspecified atom stereocenters. The lowest BCUT2D eigenvalue weighted by atomic mass is 10.2. The zero-order valence-electron chi connectivity index (χ0n) is 15.7. The Morgan fingerprint density at radius 3 is 2.55 bits per heavy atom. The topological polar surface area (TPSA) is 126 Å². The number of pyridine rings is 1. The fraction of sp³-hybridized carbons (Fsp3) is 0.278. The van der Waals surface area contributed by atoms with Crippen LogP contribution in [0.15, 0.2) is 59.5 Å². The molecule has 1 saturated heterocycles. The van der Waals surface area contributed by atoms with Crippen LogP contribution in [-0.4, -0.2) is 40.9 Å². The van der Waals surface area contributed by atoms with Crippen LogP contribution in [0.4, 0.5) is 0 Å². The molecule has 0 saturated carbocycles. The summed E-state index contributed by atoms with van der Waals surface area (Å²) in [6.07, 6.45) is 3.64. The molecule has 2 aromatic rings. The Morgan fingerprint density at radius 1 is 1.31 bits per heavy atom. The monoisotopic (exact) mass is 440 g/mol. The second kappa shape index (κ2) is 10.2. The quantitative estimate of drug-likeness (QED) is 0.321. The summed E-state index contributed by atoms with van der Waals surface area (Å²) >= 11 is 5.71. The van der Waals surface area contributed by atoms with Crippen molar-refractivity contribution in [2.45, 2.75) is 24.8 Å². The van der Waals surface area contributed by atoms with E-state index in [4.69, 9.17) is 16.2 Å². The first kappa shape index (κ1) is 22.6. The van der Waals surface area contributed by atoms with E-state index < -0.39 is 15.0 Å². The lowest BCUT2D eigenvalue weighted by Crippen LogP contribution is -2.39. The predicted molar refractivity (Wildman–Crippen MR) is 108 cm³/mol. The Morgan fingerprint density at radius 2 is 2.00 bits per heavy atom. The molecule has 2 N–H and O–H groups in total. The van der Waals surface area contributed by atoms with E-state index in [-0.39, 0.29) is 4.90 Å². The van der Waals surface area contributed by atoms with Crippen molar-refractivity contribution in [3.63, 3.8) is 0 Å². The molecule has 0 aliphatic carbocycles. The van der Waals surface area contributed by atoms with Crippen molar-refractivity contribution in [1.29, 1.82) is 0 Å². The van der Waals surface area contributed by atoms with Crippen LogP contribution in [0.5, 0.6) is 0 Å². The van der Waals surface area contributed by atoms with E-state index in [0.29, 0.717) is 17.5 Å². The molecule has 1 aromatic heterocycles. The van der Waals surface area contributed by atoms with Gasteiger partial charge in [-0.15, -0.1) is 0 Å². The van der Waals surface area contributed by atoms with Gasteiger partial charge in [-0.05, 0) is 37.1 Å². The van der Waals surface area contributed by atoms with Crippen LogP contribution in [0.3, 0.4) is 0 Å². The molecule has 1 aliphatic rings. The first-order valence-corrected chi connectivity index (χ1v) is 10.5. The van der Waals surface area contributed by atoms with Gasteiger partial charge in [0.25, 0.3) is 16.3 Å². The summed E-state index contributed by atoms with van der Waals surface area (Å²) in [6, 6.07) is 9.57. The molecule has 156 valence electrons. The van der Waals surface area contributed by atoms with Crippen molar-refractivity contribution >= 4 is 21.7 Å². The third-order valence-corrected chi connectivity index (χ3v) is 5.05. The summed E-state index contributed by atoms with van der Waals surface area (Å²) < 4.78 is 29.6. The lowest BCUT2D eigenvalue weighted by molar-refractivity contribution is -0.405. The maximum atomic E-state index is 10.5. The summed E-state index contributed by atoms with van der Waals surface area (Å²) in [5, 5.41) is 14.0. The molecular weight excluding hydrogens is 420 g/mol. The third kappa shape index (κ3) is 7.68. The molecule has 1 fully saturated rings. The van der Waals surface area contributed by atoms with E-state index >= 15 is 0 Å². The normalized spacial score (nSPS) is 15.3. The average molecular weight is 441 g/mol. The van der Waals surface area contributed by atoms with E-state index in [1.807, 2.05) is 17.9 Å². The number of nitrogens with zero attached hydrogens (tertiary/aromatic N) is 3. The Kier molecular flexibility index (Phi) is 7.94. The third-order valence-electron chi connectivity index (χ3n) is 3.96. The summed E-state index contributed by atoms with van der Waals surface area (Å²) in [5.41, 5.74) is 1.93. The highest BCUT2D eigenvalue weighted by atomic mass is 35.5. The first-order valence-electron chi connectivity index (χ1n) is 8.64. The van der Waals surface area contributed by atoms with Gasteiger partial charge in [-0.1, -0.05) is 35.4 Å². The molecule has 1 aromatic carbocycles. The van der Waals surface area contributed by atoms with Crippen LogP contribution in [0.25, 0.3) is 0 Å². The SMILES string of the molecule is Cc1ccc(S(=O)(=O)O)cc1.O=[N+]([O-])C=C1NCCCN1Cc1ccc(Cl)nc1. The van der Waals surface area contributed by atoms with Gasteiger partial charge in [0, 0.05) is 25.8 Å². The summed E-state index contributed by atoms with van der Waals surface area (Å²) in [7, 11) is -4.02. The van der Waals surface area contributed by atoms with Gasteiger partial charge in [0.2, 0.25) is 0 Å². The second-order valence-corrected chi connectivity index (χ2v) is 8.09. The van der Waals surface area contributed by atoms with Gasteiger partial charge in [0.15, 0.2) is 5.82 Å². The molecule has 29 heavy (non-hydrogen) atoms. The summed E-state index contributed by atoms with van der Waals surface area (Å²) in [4.78, 5) is 16.0. The molecule has 9 nitrogen and oxygen atoms in total. The van der Waals surface area contributed by atoms with Gasteiger partial charge < -0.3 is 10.2 Å². The smallest absolute Gasteiger partial charge is 0.294 e. The fourth-order valence-corrected chi connectivity index (χ4v) is 3.13. The standard InChI is InChI=1S/C11H13ClN4O2.C7H8O3S/c12-10-3-2-9(6-14-10)7-15-5-1-4-13-11(15)8-16(17)18;1-6-2-4-7(5-3-6)11(8,9)10/h2-3,6,8,13H,1,4-5,7H2;2-5H,1H3,(H,8,9,10). The van der Waals surface area contributed by atoms with E-state index in [1.54, 1.807) is 24.4 Å². The first-order chi connectivity index (χ1) is 13.6. The van der Waals surface area contributed by atoms with Crippen molar-refractivity contribution in [2.75, 3.05) is 13.1 Å². The number of nitro groups is 1. The number of hydrogen-bond donors (Lipinski definition) is 2. The molecule has 11 heteroatoms. The zero-order valence-corrected chi connectivity index (χ0v) is 17.2.